The molecule has 0 saturated carbocycles. The molecule has 1 saturated heterocycles. The summed E-state index contributed by atoms with van der Waals surface area (Å²) in [5.74, 6) is -0.429. The van der Waals surface area contributed by atoms with Gasteiger partial charge in [0.25, 0.3) is 0 Å². The Kier molecular flexibility index (Phi) is 7.29. The number of hydrogen-bond donors (Lipinski definition) is 2. The van der Waals surface area contributed by atoms with Crippen molar-refractivity contribution in [2.75, 3.05) is 36.8 Å². The molecule has 2 N–H and O–H groups in total. The molecular formula is C23H30FN5O3. The third-order valence-corrected chi connectivity index (χ3v) is 4.81. The predicted octanol–water partition coefficient (Wildman–Crippen LogP) is 4.23. The highest BCUT2D eigenvalue weighted by Crippen LogP contribution is 2.18. The van der Waals surface area contributed by atoms with E-state index in [-0.39, 0.29) is 6.09 Å². The van der Waals surface area contributed by atoms with Gasteiger partial charge in [0.1, 0.15) is 11.4 Å². The number of carbonyl (C=O) groups is 2. The van der Waals surface area contributed by atoms with Gasteiger partial charge in [0.2, 0.25) is 0 Å². The Morgan fingerprint density at radius 2 is 1.75 bits per heavy atom. The van der Waals surface area contributed by atoms with E-state index in [9.17, 15) is 14.0 Å². The minimum Gasteiger partial charge on any atom is -0.444 e. The fourth-order valence-electron chi connectivity index (χ4n) is 3.32. The molecule has 2 aromatic rings. The summed E-state index contributed by atoms with van der Waals surface area (Å²) in [5, 5.41) is 5.34. The van der Waals surface area contributed by atoms with Gasteiger partial charge in [0.15, 0.2) is 0 Å². The lowest BCUT2D eigenvalue weighted by atomic mass is 10.1. The highest BCUT2D eigenvalue weighted by atomic mass is 19.1. The number of aryl methyl sites for hydroxylation is 1. The van der Waals surface area contributed by atoms with Crippen LogP contribution in [0.4, 0.5) is 25.4 Å². The summed E-state index contributed by atoms with van der Waals surface area (Å²) < 4.78 is 19.6. The van der Waals surface area contributed by atoms with Crippen molar-refractivity contribution in [3.05, 3.63) is 53.6 Å². The van der Waals surface area contributed by atoms with Crippen LogP contribution < -0.4 is 10.6 Å². The third-order valence-electron chi connectivity index (χ3n) is 4.81. The van der Waals surface area contributed by atoms with Crippen molar-refractivity contribution in [1.82, 2.24) is 14.8 Å². The molecule has 0 spiro atoms. The monoisotopic (exact) mass is 443 g/mol. The average Bonchev–Trinajstić information content (AvgIpc) is 2.68. The van der Waals surface area contributed by atoms with E-state index >= 15 is 0 Å². The van der Waals surface area contributed by atoms with Crippen LogP contribution in [0.25, 0.3) is 0 Å². The molecule has 1 aromatic carbocycles. The lowest BCUT2D eigenvalue weighted by Gasteiger charge is -2.35. The molecule has 0 atom stereocenters. The molecule has 8 nitrogen and oxygen atoms in total. The molecule has 9 heteroatoms. The second-order valence-corrected chi connectivity index (χ2v) is 8.86. The number of aromatic nitrogens is 1. The molecule has 1 fully saturated rings. The zero-order valence-corrected chi connectivity index (χ0v) is 18.9. The van der Waals surface area contributed by atoms with Gasteiger partial charge in [-0.25, -0.2) is 14.0 Å². The minimum absolute atomic E-state index is 0.316. The van der Waals surface area contributed by atoms with Crippen LogP contribution in [0.15, 0.2) is 36.5 Å². The van der Waals surface area contributed by atoms with Gasteiger partial charge in [0.05, 0.1) is 11.9 Å². The fourth-order valence-corrected chi connectivity index (χ4v) is 3.32. The molecule has 172 valence electrons. The topological polar surface area (TPSA) is 86.8 Å². The third kappa shape index (κ3) is 7.19. The molecule has 32 heavy (non-hydrogen) atoms. The smallest absolute Gasteiger partial charge is 0.410 e. The van der Waals surface area contributed by atoms with Crippen LogP contribution in [0.1, 0.15) is 32.0 Å². The van der Waals surface area contributed by atoms with Gasteiger partial charge in [-0.2, -0.15) is 0 Å². The normalized spacial score (nSPS) is 14.7. The van der Waals surface area contributed by atoms with E-state index in [1.54, 1.807) is 29.3 Å². The molecule has 0 aliphatic carbocycles. The quantitative estimate of drug-likeness (QED) is 0.739. The van der Waals surface area contributed by atoms with Gasteiger partial charge in [-0.3, -0.25) is 9.88 Å². The van der Waals surface area contributed by atoms with E-state index in [4.69, 9.17) is 4.74 Å². The Balaban J connectivity index is 1.54. The fraction of sp³-hybridized carbons (Fsp3) is 0.435. The maximum absolute atomic E-state index is 14.2. The van der Waals surface area contributed by atoms with Gasteiger partial charge in [0, 0.05) is 44.1 Å². The van der Waals surface area contributed by atoms with Crippen molar-refractivity contribution >= 4 is 23.5 Å². The van der Waals surface area contributed by atoms with Crippen LogP contribution >= 0.6 is 0 Å². The number of carbonyl (C=O) groups excluding carboxylic acids is 2. The number of urea groups is 1. The molecule has 1 aromatic heterocycles. The lowest BCUT2D eigenvalue weighted by Crippen LogP contribution is -2.49. The number of nitrogens with zero attached hydrogens (tertiary/aromatic N) is 3. The Hall–Kier alpha value is -3.20. The first kappa shape index (κ1) is 23.5. The van der Waals surface area contributed by atoms with Crippen molar-refractivity contribution in [3.63, 3.8) is 0 Å². The molecule has 0 unspecified atom stereocenters. The van der Waals surface area contributed by atoms with Gasteiger partial charge < -0.3 is 20.3 Å². The highest BCUT2D eigenvalue weighted by molar-refractivity contribution is 5.99. The zero-order chi connectivity index (χ0) is 23.3. The summed E-state index contributed by atoms with van der Waals surface area (Å²) in [6.45, 7) is 10.3. The van der Waals surface area contributed by atoms with Gasteiger partial charge in [-0.05, 0) is 63.6 Å². The number of piperazine rings is 1. The maximum atomic E-state index is 14.2. The molecule has 0 bridgehead atoms. The Bertz CT molecular complexity index is 951. The van der Waals surface area contributed by atoms with Crippen molar-refractivity contribution in [1.29, 1.82) is 0 Å². The minimum atomic E-state index is -0.526. The first-order valence-corrected chi connectivity index (χ1v) is 10.6. The average molecular weight is 444 g/mol. The van der Waals surface area contributed by atoms with Crippen LogP contribution in [0.5, 0.6) is 0 Å². The van der Waals surface area contributed by atoms with E-state index in [1.807, 2.05) is 27.7 Å². The van der Waals surface area contributed by atoms with Crippen LogP contribution in [0.2, 0.25) is 0 Å². The maximum Gasteiger partial charge on any atom is 0.410 e. The SMILES string of the molecule is Cc1ccc(NC(=O)Nc2cc(F)cc(CN3CCN(C(=O)OC(C)(C)C)CC3)c2)cn1. The number of ether oxygens (including phenoxy) is 1. The van der Waals surface area contributed by atoms with E-state index in [0.717, 1.165) is 11.3 Å². The van der Waals surface area contributed by atoms with E-state index < -0.39 is 17.4 Å². The number of pyridine rings is 1. The summed E-state index contributed by atoms with van der Waals surface area (Å²) in [6, 6.07) is 7.53. The van der Waals surface area contributed by atoms with Crippen LogP contribution in [-0.2, 0) is 11.3 Å². The molecule has 3 rings (SSSR count). The van der Waals surface area contributed by atoms with Gasteiger partial charge in [-0.15, -0.1) is 0 Å². The number of anilines is 2. The first-order valence-electron chi connectivity index (χ1n) is 10.6. The van der Waals surface area contributed by atoms with Crippen LogP contribution in [0, 0.1) is 12.7 Å². The van der Waals surface area contributed by atoms with Crippen molar-refractivity contribution in [2.24, 2.45) is 0 Å². The molecule has 1 aliphatic heterocycles. The summed E-state index contributed by atoms with van der Waals surface area (Å²) in [6.07, 6.45) is 1.24. The molecule has 0 radical (unpaired) electrons. The molecular weight excluding hydrogens is 413 g/mol. The lowest BCUT2D eigenvalue weighted by molar-refractivity contribution is 0.0139. The van der Waals surface area contributed by atoms with Crippen molar-refractivity contribution in [3.8, 4) is 0 Å². The summed E-state index contributed by atoms with van der Waals surface area (Å²) in [4.78, 5) is 32.4. The summed E-state index contributed by atoms with van der Waals surface area (Å²) >= 11 is 0. The molecule has 1 aliphatic rings. The summed E-state index contributed by atoms with van der Waals surface area (Å²) in [5.41, 5.74) is 1.97. The first-order chi connectivity index (χ1) is 15.1. The Labute approximate surface area is 187 Å². The molecule has 3 amide bonds. The molecule has 2 heterocycles. The second-order valence-electron chi connectivity index (χ2n) is 8.86. The number of nitrogens with one attached hydrogen (secondary N) is 2. The summed E-state index contributed by atoms with van der Waals surface area (Å²) in [7, 11) is 0. The van der Waals surface area contributed by atoms with E-state index in [2.05, 4.69) is 20.5 Å². The van der Waals surface area contributed by atoms with Crippen LogP contribution in [0.3, 0.4) is 0 Å². The van der Waals surface area contributed by atoms with Gasteiger partial charge in [-0.1, -0.05) is 0 Å². The number of rotatable bonds is 4. The second kappa shape index (κ2) is 9.95. The number of benzene rings is 1. The van der Waals surface area contributed by atoms with Crippen LogP contribution in [-0.4, -0.2) is 58.7 Å². The number of amides is 3. The van der Waals surface area contributed by atoms with E-state index in [1.165, 1.54) is 12.1 Å². The zero-order valence-electron chi connectivity index (χ0n) is 18.9. The number of halogens is 1. The number of hydrogen-bond acceptors (Lipinski definition) is 5. The largest absolute Gasteiger partial charge is 0.444 e. The van der Waals surface area contributed by atoms with Gasteiger partial charge >= 0.3 is 12.1 Å². The Morgan fingerprint density at radius 1 is 1.06 bits per heavy atom. The predicted molar refractivity (Wildman–Crippen MR) is 121 cm³/mol. The standard InChI is InChI=1S/C23H30FN5O3/c1-16-5-6-19(14-25-16)26-21(30)27-20-12-17(11-18(24)13-20)15-28-7-9-29(10-8-28)22(31)32-23(2,3)4/h5-6,11-14H,7-10,15H2,1-4H3,(H2,26,27,30). The highest BCUT2D eigenvalue weighted by Gasteiger charge is 2.25. The van der Waals surface area contributed by atoms with E-state index in [0.29, 0.717) is 44.1 Å². The van der Waals surface area contributed by atoms with Crippen molar-refractivity contribution < 1.29 is 18.7 Å². The Morgan fingerprint density at radius 3 is 2.38 bits per heavy atom. The van der Waals surface area contributed by atoms with Crippen molar-refractivity contribution in [2.45, 2.75) is 39.8 Å².